The van der Waals surface area contributed by atoms with Gasteiger partial charge in [0.25, 0.3) is 5.91 Å². The van der Waals surface area contributed by atoms with Gasteiger partial charge in [-0.3, -0.25) is 4.79 Å². The summed E-state index contributed by atoms with van der Waals surface area (Å²) >= 11 is 7.86. The lowest BCUT2D eigenvalue weighted by Gasteiger charge is -2.41. The summed E-state index contributed by atoms with van der Waals surface area (Å²) in [7, 11) is 3.49. The molecule has 2 N–H and O–H groups in total. The predicted molar refractivity (Wildman–Crippen MR) is 183 cm³/mol. The number of piperidine rings is 3. The number of urea groups is 1. The normalized spacial score (nSPS) is 20.9. The third-order valence-corrected chi connectivity index (χ3v) is 11.9. The summed E-state index contributed by atoms with van der Waals surface area (Å²) in [5, 5.41) is 7.25. The van der Waals surface area contributed by atoms with Gasteiger partial charge in [-0.15, -0.1) is 11.3 Å². The summed E-state index contributed by atoms with van der Waals surface area (Å²) in [6.07, 6.45) is -1.96. The van der Waals surface area contributed by atoms with Crippen LogP contribution in [0.15, 0.2) is 23.6 Å². The van der Waals surface area contributed by atoms with Crippen molar-refractivity contribution in [2.75, 3.05) is 64.0 Å². The number of hydrogen-bond donors (Lipinski definition) is 2. The number of carbonyl (C=O) groups is 3. The Kier molecular flexibility index (Phi) is 10.9. The molecule has 3 fully saturated rings. The first-order valence-corrected chi connectivity index (χ1v) is 18.3. The molecule has 15 heteroatoms. The number of halogens is 4. The zero-order chi connectivity index (χ0) is 34.9. The van der Waals surface area contributed by atoms with Gasteiger partial charge in [0.15, 0.2) is 6.10 Å². The van der Waals surface area contributed by atoms with Crippen molar-refractivity contribution in [3.8, 4) is 0 Å². The molecule has 5 heterocycles. The van der Waals surface area contributed by atoms with Crippen molar-refractivity contribution >= 4 is 52.3 Å². The van der Waals surface area contributed by atoms with Crippen LogP contribution in [0.1, 0.15) is 54.5 Å². The lowest BCUT2D eigenvalue weighted by atomic mass is 9.79. The first-order chi connectivity index (χ1) is 23.4. The molecule has 4 aliphatic heterocycles. The lowest BCUT2D eigenvalue weighted by molar-refractivity contribution is -0.142. The first-order valence-electron chi connectivity index (χ1n) is 17.1. The van der Waals surface area contributed by atoms with Crippen molar-refractivity contribution < 1.29 is 32.3 Å². The molecular formula is C34H44ClF3N6O4S. The second kappa shape index (κ2) is 14.9. The number of ether oxygens (including phenoxy) is 1. The molecule has 0 bridgehead atoms. The molecule has 4 amide bonds. The summed E-state index contributed by atoms with van der Waals surface area (Å²) in [4.78, 5) is 48.8. The maximum absolute atomic E-state index is 14.0. The van der Waals surface area contributed by atoms with Crippen LogP contribution in [0.2, 0.25) is 5.02 Å². The molecule has 1 aromatic heterocycles. The van der Waals surface area contributed by atoms with Gasteiger partial charge in [-0.05, 0) is 99.6 Å². The number of amides is 4. The van der Waals surface area contributed by atoms with Crippen molar-refractivity contribution in [3.05, 3.63) is 44.6 Å². The van der Waals surface area contributed by atoms with Gasteiger partial charge in [0.2, 0.25) is 0 Å². The van der Waals surface area contributed by atoms with Gasteiger partial charge in [0.1, 0.15) is 0 Å². The minimum absolute atomic E-state index is 0.0730. The monoisotopic (exact) mass is 724 g/mol. The average molecular weight is 725 g/mol. The third-order valence-electron chi connectivity index (χ3n) is 10.7. The summed E-state index contributed by atoms with van der Waals surface area (Å²) < 4.78 is 47.9. The van der Waals surface area contributed by atoms with E-state index in [1.807, 2.05) is 11.4 Å². The van der Waals surface area contributed by atoms with E-state index in [1.165, 1.54) is 18.0 Å². The zero-order valence-electron chi connectivity index (χ0n) is 27.9. The van der Waals surface area contributed by atoms with Crippen LogP contribution in [-0.4, -0.2) is 103 Å². The second-order valence-electron chi connectivity index (χ2n) is 13.7. The smallest absolute Gasteiger partial charge is 0.418 e. The van der Waals surface area contributed by atoms with Crippen molar-refractivity contribution in [1.29, 1.82) is 0 Å². The topological polar surface area (TPSA) is 97.5 Å². The standard InChI is InChI=1S/C34H44ClF3N6O4S/c1-39-30-25(34(36,37)38)17-21(18-26(30)35)19-28(31(45)42-12-5-23(6-13-42)22-3-10-41(2)11-4-22)48-33(47)43-14-7-24(8-15-43)44-20-29-27(9-16-49-29)40-32(44)46/h9,16-18,22-24,28,39H,3-8,10-15,19-20H2,1-2H3,(H,40,46)/t28-/m1/s1. The number of thiophene rings is 1. The van der Waals surface area contributed by atoms with Crippen molar-refractivity contribution in [3.63, 3.8) is 0 Å². The Morgan fingerprint density at radius 3 is 2.29 bits per heavy atom. The highest BCUT2D eigenvalue weighted by molar-refractivity contribution is 7.10. The fourth-order valence-corrected chi connectivity index (χ4v) is 8.95. The van der Waals surface area contributed by atoms with Gasteiger partial charge in [0, 0.05) is 50.6 Å². The molecule has 6 rings (SSSR count). The fraction of sp³-hybridized carbons (Fsp3) is 0.618. The summed E-state index contributed by atoms with van der Waals surface area (Å²) in [5.74, 6) is 0.710. The number of fused-ring (bicyclic) bond motifs is 1. The molecule has 4 aliphatic rings. The van der Waals surface area contributed by atoms with Gasteiger partial charge >= 0.3 is 18.3 Å². The average Bonchev–Trinajstić information content (AvgIpc) is 3.54. The number of likely N-dealkylation sites (tertiary alicyclic amines) is 3. The van der Waals surface area contributed by atoms with Crippen LogP contribution in [0.4, 0.5) is 34.1 Å². The van der Waals surface area contributed by atoms with Gasteiger partial charge in [-0.1, -0.05) is 11.6 Å². The van der Waals surface area contributed by atoms with Gasteiger partial charge in [-0.25, -0.2) is 9.59 Å². The summed E-state index contributed by atoms with van der Waals surface area (Å²) in [5.41, 5.74) is -0.230. The summed E-state index contributed by atoms with van der Waals surface area (Å²) in [6, 6.07) is 3.99. The molecule has 10 nitrogen and oxygen atoms in total. The summed E-state index contributed by atoms with van der Waals surface area (Å²) in [6.45, 7) is 4.28. The lowest BCUT2D eigenvalue weighted by Crippen LogP contribution is -2.52. The maximum atomic E-state index is 14.0. The van der Waals surface area contributed by atoms with E-state index >= 15 is 0 Å². The first kappa shape index (κ1) is 35.6. The van der Waals surface area contributed by atoms with E-state index in [-0.39, 0.29) is 34.8 Å². The van der Waals surface area contributed by atoms with E-state index in [2.05, 4.69) is 22.6 Å². The molecule has 0 spiro atoms. The number of nitrogens with zero attached hydrogens (tertiary/aromatic N) is 4. The molecular weight excluding hydrogens is 681 g/mol. The number of carbonyl (C=O) groups excluding carboxylic acids is 3. The van der Waals surface area contributed by atoms with E-state index in [0.717, 1.165) is 55.4 Å². The van der Waals surface area contributed by atoms with Gasteiger partial charge < -0.3 is 35.0 Å². The number of anilines is 2. The van der Waals surface area contributed by atoms with E-state index in [9.17, 15) is 27.6 Å². The van der Waals surface area contributed by atoms with Crippen LogP contribution in [0.3, 0.4) is 0 Å². The van der Waals surface area contributed by atoms with E-state index in [1.54, 1.807) is 21.1 Å². The molecule has 268 valence electrons. The minimum Gasteiger partial charge on any atom is -0.436 e. The van der Waals surface area contributed by atoms with E-state index < -0.39 is 29.8 Å². The molecule has 3 saturated heterocycles. The predicted octanol–water partition coefficient (Wildman–Crippen LogP) is 6.60. The quantitative estimate of drug-likeness (QED) is 0.334. The minimum atomic E-state index is -4.69. The number of benzene rings is 1. The molecule has 1 atom stereocenters. The fourth-order valence-electron chi connectivity index (χ4n) is 7.79. The van der Waals surface area contributed by atoms with Crippen LogP contribution in [0, 0.1) is 11.8 Å². The molecule has 2 aromatic rings. The molecule has 0 saturated carbocycles. The highest BCUT2D eigenvalue weighted by atomic mass is 35.5. The molecule has 0 unspecified atom stereocenters. The number of rotatable bonds is 7. The van der Waals surface area contributed by atoms with Crippen molar-refractivity contribution in [1.82, 2.24) is 19.6 Å². The van der Waals surface area contributed by atoms with Crippen LogP contribution in [-0.2, 0) is 28.7 Å². The van der Waals surface area contributed by atoms with Crippen molar-refractivity contribution in [2.45, 2.75) is 69.8 Å². The van der Waals surface area contributed by atoms with Gasteiger partial charge in [-0.2, -0.15) is 13.2 Å². The van der Waals surface area contributed by atoms with Crippen LogP contribution >= 0.6 is 22.9 Å². The Bertz CT molecular complexity index is 1520. The zero-order valence-corrected chi connectivity index (χ0v) is 29.4. The van der Waals surface area contributed by atoms with E-state index in [4.69, 9.17) is 16.3 Å². The van der Waals surface area contributed by atoms with E-state index in [0.29, 0.717) is 57.4 Å². The Labute approximate surface area is 293 Å². The molecule has 0 radical (unpaired) electrons. The van der Waals surface area contributed by atoms with Gasteiger partial charge in [0.05, 0.1) is 28.5 Å². The van der Waals surface area contributed by atoms with Crippen LogP contribution < -0.4 is 10.6 Å². The number of hydrogen-bond acceptors (Lipinski definition) is 7. The Morgan fingerprint density at radius 1 is 1.02 bits per heavy atom. The second-order valence-corrected chi connectivity index (χ2v) is 15.1. The SMILES string of the molecule is CNc1c(Cl)cc(C[C@@H](OC(=O)N2CCC(N3Cc4sccc4NC3=O)CC2)C(=O)N2CCC(C3CCN(C)CC3)CC2)cc1C(F)(F)F. The van der Waals surface area contributed by atoms with Crippen LogP contribution in [0.5, 0.6) is 0 Å². The Morgan fingerprint density at radius 2 is 1.65 bits per heavy atom. The highest BCUT2D eigenvalue weighted by Gasteiger charge is 2.39. The largest absolute Gasteiger partial charge is 0.436 e. The number of alkyl halides is 3. The third kappa shape index (κ3) is 8.06. The highest BCUT2D eigenvalue weighted by Crippen LogP contribution is 2.40. The molecule has 0 aliphatic carbocycles. The number of nitrogens with one attached hydrogen (secondary N) is 2. The molecule has 1 aromatic carbocycles. The van der Waals surface area contributed by atoms with Crippen LogP contribution in [0.25, 0.3) is 0 Å². The van der Waals surface area contributed by atoms with Crippen molar-refractivity contribution in [2.24, 2.45) is 11.8 Å². The Balaban J connectivity index is 1.14. The maximum Gasteiger partial charge on any atom is 0.418 e. The molecule has 49 heavy (non-hydrogen) atoms. The Hall–Kier alpha value is -3.23.